The van der Waals surface area contributed by atoms with Crippen LogP contribution >= 0.6 is 15.9 Å². The Kier molecular flexibility index (Phi) is 6.41. The molecule has 0 aromatic heterocycles. The molecule has 1 amide bonds. The normalized spacial score (nSPS) is 10.7. The van der Waals surface area contributed by atoms with Gasteiger partial charge in [0.15, 0.2) is 18.1 Å². The Labute approximate surface area is 154 Å². The summed E-state index contributed by atoms with van der Waals surface area (Å²) in [6.07, 6.45) is 1.41. The van der Waals surface area contributed by atoms with Crippen molar-refractivity contribution >= 4 is 28.1 Å². The van der Waals surface area contributed by atoms with Gasteiger partial charge in [-0.2, -0.15) is 5.10 Å². The van der Waals surface area contributed by atoms with Crippen molar-refractivity contribution in [2.75, 3.05) is 13.7 Å². The highest BCUT2D eigenvalue weighted by Crippen LogP contribution is 2.31. The first-order valence-corrected chi connectivity index (χ1v) is 8.28. The Morgan fingerprint density at radius 1 is 1.28 bits per heavy atom. The first-order chi connectivity index (χ1) is 11.9. The summed E-state index contributed by atoms with van der Waals surface area (Å²) in [5.41, 5.74) is 5.22. The highest BCUT2D eigenvalue weighted by molar-refractivity contribution is 9.10. The number of ether oxygens (including phenoxy) is 2. The minimum atomic E-state index is -0.386. The number of aromatic hydroxyl groups is 1. The summed E-state index contributed by atoms with van der Waals surface area (Å²) in [6, 6.07) is 8.72. The van der Waals surface area contributed by atoms with Gasteiger partial charge < -0.3 is 14.6 Å². The Morgan fingerprint density at radius 3 is 2.72 bits per heavy atom. The molecule has 0 saturated carbocycles. The SMILES string of the molecule is COc1cc(Br)c(/C=N\NC(=O)COc2ccc(C)c(C)c2)cc1O. The zero-order valence-electron chi connectivity index (χ0n) is 14.2. The molecular weight excluding hydrogens is 388 g/mol. The zero-order chi connectivity index (χ0) is 18.4. The summed E-state index contributed by atoms with van der Waals surface area (Å²) >= 11 is 3.34. The monoisotopic (exact) mass is 406 g/mol. The van der Waals surface area contributed by atoms with Crippen molar-refractivity contribution in [1.82, 2.24) is 5.43 Å². The third-order valence-electron chi connectivity index (χ3n) is 3.54. The maximum absolute atomic E-state index is 11.8. The van der Waals surface area contributed by atoms with Crippen molar-refractivity contribution in [3.05, 3.63) is 51.5 Å². The predicted octanol–water partition coefficient (Wildman–Crippen LogP) is 3.31. The number of hydrogen-bond donors (Lipinski definition) is 2. The number of carbonyl (C=O) groups excluding carboxylic acids is 1. The molecule has 0 fully saturated rings. The smallest absolute Gasteiger partial charge is 0.277 e. The van der Waals surface area contributed by atoms with E-state index < -0.39 is 0 Å². The lowest BCUT2D eigenvalue weighted by atomic mass is 10.1. The van der Waals surface area contributed by atoms with Gasteiger partial charge >= 0.3 is 0 Å². The quantitative estimate of drug-likeness (QED) is 0.569. The fraction of sp³-hybridized carbons (Fsp3) is 0.222. The molecule has 25 heavy (non-hydrogen) atoms. The van der Waals surface area contributed by atoms with Crippen LogP contribution in [0.25, 0.3) is 0 Å². The van der Waals surface area contributed by atoms with Crippen molar-refractivity contribution < 1.29 is 19.4 Å². The van der Waals surface area contributed by atoms with Gasteiger partial charge in [-0.25, -0.2) is 5.43 Å². The number of hydrogen-bond acceptors (Lipinski definition) is 5. The first kappa shape index (κ1) is 18.8. The number of phenolic OH excluding ortho intramolecular Hbond substituents is 1. The molecule has 7 heteroatoms. The van der Waals surface area contributed by atoms with Crippen LogP contribution in [0.15, 0.2) is 39.9 Å². The minimum Gasteiger partial charge on any atom is -0.504 e. The topological polar surface area (TPSA) is 80.2 Å². The molecule has 0 aliphatic rings. The Bertz CT molecular complexity index is 806. The predicted molar refractivity (Wildman–Crippen MR) is 99.5 cm³/mol. The standard InChI is InChI=1S/C18H19BrN2O4/c1-11-4-5-14(6-12(11)2)25-10-18(23)21-20-9-13-7-16(22)17(24-3)8-15(13)19/h4-9,22H,10H2,1-3H3,(H,21,23)/b20-9-. The van der Waals surface area contributed by atoms with E-state index in [1.165, 1.54) is 19.4 Å². The van der Waals surface area contributed by atoms with Crippen LogP contribution in [0.5, 0.6) is 17.2 Å². The highest BCUT2D eigenvalue weighted by Gasteiger charge is 2.07. The number of nitrogens with one attached hydrogen (secondary N) is 1. The van der Waals surface area contributed by atoms with Crippen LogP contribution in [0.4, 0.5) is 0 Å². The molecule has 0 radical (unpaired) electrons. The molecule has 6 nitrogen and oxygen atoms in total. The Balaban J connectivity index is 1.90. The Hall–Kier alpha value is -2.54. The molecule has 0 heterocycles. The summed E-state index contributed by atoms with van der Waals surface area (Å²) in [6.45, 7) is 3.85. The van der Waals surface area contributed by atoms with E-state index in [2.05, 4.69) is 26.5 Å². The van der Waals surface area contributed by atoms with Crippen molar-refractivity contribution in [3.63, 3.8) is 0 Å². The second-order valence-corrected chi connectivity index (χ2v) is 6.23. The number of amides is 1. The van der Waals surface area contributed by atoms with Crippen LogP contribution < -0.4 is 14.9 Å². The van der Waals surface area contributed by atoms with Crippen LogP contribution in [0, 0.1) is 13.8 Å². The number of halogens is 1. The van der Waals surface area contributed by atoms with E-state index >= 15 is 0 Å². The lowest BCUT2D eigenvalue weighted by Gasteiger charge is -2.07. The second kappa shape index (κ2) is 8.53. The molecule has 0 saturated heterocycles. The van der Waals surface area contributed by atoms with Crippen LogP contribution in [-0.2, 0) is 4.79 Å². The minimum absolute atomic E-state index is 0.0171. The van der Waals surface area contributed by atoms with E-state index in [0.29, 0.717) is 21.5 Å². The number of aryl methyl sites for hydroxylation is 2. The van der Waals surface area contributed by atoms with Crippen LogP contribution in [-0.4, -0.2) is 30.9 Å². The number of methoxy groups -OCH3 is 1. The van der Waals surface area contributed by atoms with E-state index in [0.717, 1.165) is 11.1 Å². The number of benzene rings is 2. The first-order valence-electron chi connectivity index (χ1n) is 7.49. The molecule has 2 aromatic rings. The number of nitrogens with zero attached hydrogens (tertiary/aromatic N) is 1. The number of phenols is 1. The molecule has 132 valence electrons. The van der Waals surface area contributed by atoms with Gasteiger partial charge in [0.1, 0.15) is 5.75 Å². The molecule has 2 N–H and O–H groups in total. The molecular formula is C18H19BrN2O4. The average molecular weight is 407 g/mol. The molecule has 0 atom stereocenters. The summed E-state index contributed by atoms with van der Waals surface area (Å²) in [5, 5.41) is 13.6. The van der Waals surface area contributed by atoms with Crippen LogP contribution in [0.1, 0.15) is 16.7 Å². The highest BCUT2D eigenvalue weighted by atomic mass is 79.9. The van der Waals surface area contributed by atoms with Gasteiger partial charge in [-0.15, -0.1) is 0 Å². The fourth-order valence-corrected chi connectivity index (χ4v) is 2.41. The van der Waals surface area contributed by atoms with Crippen molar-refractivity contribution in [2.45, 2.75) is 13.8 Å². The van der Waals surface area contributed by atoms with Crippen molar-refractivity contribution in [3.8, 4) is 17.2 Å². The molecule has 0 aliphatic carbocycles. The third kappa shape index (κ3) is 5.22. The van der Waals surface area contributed by atoms with Gasteiger partial charge in [0, 0.05) is 10.0 Å². The maximum atomic E-state index is 11.8. The fourth-order valence-electron chi connectivity index (χ4n) is 1.98. The van der Waals surface area contributed by atoms with E-state index in [-0.39, 0.29) is 18.3 Å². The molecule has 2 aromatic carbocycles. The zero-order valence-corrected chi connectivity index (χ0v) is 15.8. The van der Waals surface area contributed by atoms with E-state index in [9.17, 15) is 9.90 Å². The van der Waals surface area contributed by atoms with Gasteiger partial charge in [-0.1, -0.05) is 6.07 Å². The molecule has 0 bridgehead atoms. The average Bonchev–Trinajstić information content (AvgIpc) is 2.58. The summed E-state index contributed by atoms with van der Waals surface area (Å²) in [5.74, 6) is 0.569. The Morgan fingerprint density at radius 2 is 2.04 bits per heavy atom. The van der Waals surface area contributed by atoms with Gasteiger partial charge in [-0.3, -0.25) is 4.79 Å². The van der Waals surface area contributed by atoms with Crippen LogP contribution in [0.3, 0.4) is 0 Å². The second-order valence-electron chi connectivity index (χ2n) is 5.37. The lowest BCUT2D eigenvalue weighted by Crippen LogP contribution is -2.24. The summed E-state index contributed by atoms with van der Waals surface area (Å²) < 4.78 is 11.1. The van der Waals surface area contributed by atoms with Gasteiger partial charge in [0.05, 0.1) is 13.3 Å². The molecule has 2 rings (SSSR count). The largest absolute Gasteiger partial charge is 0.504 e. The van der Waals surface area contributed by atoms with Gasteiger partial charge in [0.2, 0.25) is 0 Å². The van der Waals surface area contributed by atoms with E-state index in [4.69, 9.17) is 9.47 Å². The molecule has 0 aliphatic heterocycles. The number of hydrazone groups is 1. The third-order valence-corrected chi connectivity index (χ3v) is 4.23. The van der Waals surface area contributed by atoms with Crippen LogP contribution in [0.2, 0.25) is 0 Å². The van der Waals surface area contributed by atoms with Gasteiger partial charge in [-0.05, 0) is 65.2 Å². The number of rotatable bonds is 6. The van der Waals surface area contributed by atoms with Gasteiger partial charge in [0.25, 0.3) is 5.91 Å². The van der Waals surface area contributed by atoms with E-state index in [1.54, 1.807) is 6.07 Å². The lowest BCUT2D eigenvalue weighted by molar-refractivity contribution is -0.123. The maximum Gasteiger partial charge on any atom is 0.277 e. The summed E-state index contributed by atoms with van der Waals surface area (Å²) in [4.78, 5) is 11.8. The number of carbonyl (C=O) groups is 1. The van der Waals surface area contributed by atoms with E-state index in [1.807, 2.05) is 32.0 Å². The van der Waals surface area contributed by atoms with Crippen molar-refractivity contribution in [2.24, 2.45) is 5.10 Å². The van der Waals surface area contributed by atoms with Crippen molar-refractivity contribution in [1.29, 1.82) is 0 Å². The molecule has 0 spiro atoms. The molecule has 0 unspecified atom stereocenters. The summed E-state index contributed by atoms with van der Waals surface area (Å²) in [7, 11) is 1.46.